The van der Waals surface area contributed by atoms with E-state index in [1.165, 1.54) is 16.2 Å². The second-order valence-electron chi connectivity index (χ2n) is 7.53. The molecule has 0 aliphatic carbocycles. The van der Waals surface area contributed by atoms with Gasteiger partial charge in [0.25, 0.3) is 5.91 Å². The third-order valence-corrected chi connectivity index (χ3v) is 6.36. The van der Waals surface area contributed by atoms with Gasteiger partial charge < -0.3 is 10.1 Å². The summed E-state index contributed by atoms with van der Waals surface area (Å²) in [5.74, 6) is 1.05. The van der Waals surface area contributed by atoms with Crippen LogP contribution in [0.5, 0.6) is 11.5 Å². The monoisotopic (exact) mass is 453 g/mol. The summed E-state index contributed by atoms with van der Waals surface area (Å²) in [6, 6.07) is 19.3. The summed E-state index contributed by atoms with van der Waals surface area (Å²) < 4.78 is 5.83. The van der Waals surface area contributed by atoms with Crippen molar-refractivity contribution in [3.8, 4) is 17.6 Å². The maximum Gasteiger partial charge on any atom is 0.256 e. The fourth-order valence-electron chi connectivity index (χ4n) is 3.57. The number of nitrogens with zero attached hydrogens (tertiary/aromatic N) is 2. The number of carbonyl (C=O) groups excluding carboxylic acids is 1. The van der Waals surface area contributed by atoms with E-state index in [0.717, 1.165) is 25.1 Å². The molecule has 2 heterocycles. The van der Waals surface area contributed by atoms with Crippen LogP contribution in [0.2, 0.25) is 0 Å². The van der Waals surface area contributed by atoms with Crippen molar-refractivity contribution in [1.29, 1.82) is 5.26 Å². The first-order valence-electron chi connectivity index (χ1n) is 9.98. The van der Waals surface area contributed by atoms with Crippen LogP contribution in [0.3, 0.4) is 0 Å². The Hall–Kier alpha value is -2.85. The molecule has 5 nitrogen and oxygen atoms in total. The lowest BCUT2D eigenvalue weighted by Crippen LogP contribution is -2.35. The van der Waals surface area contributed by atoms with Crippen molar-refractivity contribution in [1.82, 2.24) is 4.90 Å². The summed E-state index contributed by atoms with van der Waals surface area (Å²) in [6.45, 7) is 6.11. The molecular formula is C24H24ClN3O2S. The minimum atomic E-state index is -0.246. The van der Waals surface area contributed by atoms with Crippen LogP contribution in [-0.4, -0.2) is 23.4 Å². The quantitative estimate of drug-likeness (QED) is 0.526. The molecule has 1 aromatic heterocycles. The Labute approximate surface area is 192 Å². The first-order valence-corrected chi connectivity index (χ1v) is 10.8. The molecular weight excluding hydrogens is 430 g/mol. The molecule has 7 heteroatoms. The summed E-state index contributed by atoms with van der Waals surface area (Å²) in [6.07, 6.45) is 0.836. The number of nitrogens with one attached hydrogen (secondary N) is 1. The van der Waals surface area contributed by atoms with Crippen molar-refractivity contribution in [2.75, 3.05) is 11.9 Å². The summed E-state index contributed by atoms with van der Waals surface area (Å²) in [7, 11) is 0. The average Bonchev–Trinajstić information content (AvgIpc) is 3.10. The number of anilines is 1. The van der Waals surface area contributed by atoms with Crippen molar-refractivity contribution >= 4 is 34.7 Å². The average molecular weight is 454 g/mol. The lowest BCUT2D eigenvalue weighted by atomic mass is 10.0. The lowest BCUT2D eigenvalue weighted by Gasteiger charge is -2.30. The van der Waals surface area contributed by atoms with Crippen LogP contribution < -0.4 is 10.1 Å². The molecule has 0 saturated carbocycles. The molecule has 0 radical (unpaired) electrons. The van der Waals surface area contributed by atoms with Gasteiger partial charge in [0.2, 0.25) is 0 Å². The van der Waals surface area contributed by atoms with Crippen LogP contribution in [0, 0.1) is 11.3 Å². The predicted molar refractivity (Wildman–Crippen MR) is 126 cm³/mol. The minimum Gasteiger partial charge on any atom is -0.457 e. The zero-order chi connectivity index (χ0) is 21.1. The van der Waals surface area contributed by atoms with E-state index in [1.54, 1.807) is 18.2 Å². The highest BCUT2D eigenvalue weighted by Crippen LogP contribution is 2.37. The first-order chi connectivity index (χ1) is 14.5. The molecule has 3 aromatic rings. The van der Waals surface area contributed by atoms with Gasteiger partial charge in [-0.2, -0.15) is 5.26 Å². The van der Waals surface area contributed by atoms with Crippen molar-refractivity contribution in [2.45, 2.75) is 32.9 Å². The molecule has 0 spiro atoms. The van der Waals surface area contributed by atoms with Crippen LogP contribution in [0.25, 0.3) is 0 Å². The first kappa shape index (κ1) is 22.8. The second kappa shape index (κ2) is 9.97. The Kier molecular flexibility index (Phi) is 7.34. The Morgan fingerprint density at radius 3 is 2.61 bits per heavy atom. The highest BCUT2D eigenvalue weighted by atomic mass is 35.5. The number of thiophene rings is 1. The van der Waals surface area contributed by atoms with Gasteiger partial charge in [0.05, 0.1) is 5.56 Å². The van der Waals surface area contributed by atoms with E-state index in [1.807, 2.05) is 36.4 Å². The van der Waals surface area contributed by atoms with Gasteiger partial charge in [-0.15, -0.1) is 23.7 Å². The molecule has 0 saturated heterocycles. The Bertz CT molecular complexity index is 1110. The third kappa shape index (κ3) is 5.08. The summed E-state index contributed by atoms with van der Waals surface area (Å²) >= 11 is 1.51. The number of hydrogen-bond donors (Lipinski definition) is 1. The Morgan fingerprint density at radius 2 is 1.90 bits per heavy atom. The van der Waals surface area contributed by atoms with E-state index in [4.69, 9.17) is 4.74 Å². The summed E-state index contributed by atoms with van der Waals surface area (Å²) in [5.41, 5.74) is 2.17. The van der Waals surface area contributed by atoms with Crippen molar-refractivity contribution < 1.29 is 9.53 Å². The van der Waals surface area contributed by atoms with Gasteiger partial charge in [0.15, 0.2) is 0 Å². The van der Waals surface area contributed by atoms with Gasteiger partial charge in [-0.05, 0) is 56.2 Å². The molecule has 0 atom stereocenters. The van der Waals surface area contributed by atoms with Crippen molar-refractivity contribution in [3.05, 3.63) is 76.2 Å². The van der Waals surface area contributed by atoms with E-state index in [0.29, 0.717) is 33.7 Å². The van der Waals surface area contributed by atoms with Crippen molar-refractivity contribution in [3.63, 3.8) is 0 Å². The van der Waals surface area contributed by atoms with Crippen molar-refractivity contribution in [2.24, 2.45) is 0 Å². The zero-order valence-electron chi connectivity index (χ0n) is 17.4. The van der Waals surface area contributed by atoms with E-state index in [9.17, 15) is 10.1 Å². The van der Waals surface area contributed by atoms with E-state index < -0.39 is 0 Å². The molecule has 2 aromatic carbocycles. The minimum absolute atomic E-state index is 0. The fraction of sp³-hybridized carbons (Fsp3) is 0.250. The molecule has 160 valence electrons. The van der Waals surface area contributed by atoms with Gasteiger partial charge >= 0.3 is 0 Å². The number of para-hydroxylation sites is 1. The molecule has 31 heavy (non-hydrogen) atoms. The van der Waals surface area contributed by atoms with E-state index >= 15 is 0 Å². The highest BCUT2D eigenvalue weighted by molar-refractivity contribution is 7.16. The lowest BCUT2D eigenvalue weighted by molar-refractivity contribution is 0.102. The molecule has 1 aliphatic rings. The standard InChI is InChI=1S/C24H23N3O2S.ClH/c1-16(2)27-12-11-20-21(14-25)24(30-22(20)15-27)26-23(28)17-7-6-10-19(13-17)29-18-8-4-3-5-9-18;/h3-10,13,16H,11-12,15H2,1-2H3,(H,26,28);1H. The number of hydrogen-bond acceptors (Lipinski definition) is 5. The second-order valence-corrected chi connectivity index (χ2v) is 8.64. The van der Waals surface area contributed by atoms with Crippen LogP contribution in [0.4, 0.5) is 5.00 Å². The third-order valence-electron chi connectivity index (χ3n) is 5.23. The number of fused-ring (bicyclic) bond motifs is 1. The fourth-order valence-corrected chi connectivity index (χ4v) is 4.79. The van der Waals surface area contributed by atoms with E-state index in [-0.39, 0.29) is 18.3 Å². The number of nitriles is 1. The number of benzene rings is 2. The normalized spacial score (nSPS) is 13.1. The SMILES string of the molecule is CC(C)N1CCc2c(sc(NC(=O)c3cccc(Oc4ccccc4)c3)c2C#N)C1.Cl. The molecule has 1 amide bonds. The summed E-state index contributed by atoms with van der Waals surface area (Å²) in [4.78, 5) is 16.4. The van der Waals surface area contributed by atoms with Crippen LogP contribution in [0.1, 0.15) is 40.2 Å². The molecule has 1 aliphatic heterocycles. The van der Waals surface area contributed by atoms with Gasteiger partial charge in [0, 0.05) is 29.6 Å². The Morgan fingerprint density at radius 1 is 1.16 bits per heavy atom. The molecule has 0 unspecified atom stereocenters. The predicted octanol–water partition coefficient (Wildman–Crippen LogP) is 5.85. The maximum atomic E-state index is 12.9. The summed E-state index contributed by atoms with van der Waals surface area (Å²) in [5, 5.41) is 13.3. The zero-order valence-corrected chi connectivity index (χ0v) is 19.1. The van der Waals surface area contributed by atoms with Gasteiger partial charge in [-0.1, -0.05) is 24.3 Å². The smallest absolute Gasteiger partial charge is 0.256 e. The maximum absolute atomic E-state index is 12.9. The number of ether oxygens (including phenoxy) is 1. The molecule has 4 rings (SSSR count). The number of carbonyl (C=O) groups is 1. The topological polar surface area (TPSA) is 65.4 Å². The van der Waals surface area contributed by atoms with Crippen LogP contribution in [-0.2, 0) is 13.0 Å². The van der Waals surface area contributed by atoms with Crippen LogP contribution in [0.15, 0.2) is 54.6 Å². The number of amides is 1. The largest absolute Gasteiger partial charge is 0.457 e. The molecule has 0 fully saturated rings. The van der Waals surface area contributed by atoms with Crippen LogP contribution >= 0.6 is 23.7 Å². The number of halogens is 1. The Balaban J connectivity index is 0.00000272. The molecule has 1 N–H and O–H groups in total. The number of rotatable bonds is 5. The highest BCUT2D eigenvalue weighted by Gasteiger charge is 2.26. The van der Waals surface area contributed by atoms with E-state index in [2.05, 4.69) is 30.1 Å². The van der Waals surface area contributed by atoms with Gasteiger partial charge in [0.1, 0.15) is 22.6 Å². The van der Waals surface area contributed by atoms with Gasteiger partial charge in [-0.3, -0.25) is 9.69 Å². The van der Waals surface area contributed by atoms with Gasteiger partial charge in [-0.25, -0.2) is 0 Å². The molecule has 0 bridgehead atoms.